The lowest BCUT2D eigenvalue weighted by Crippen LogP contribution is -1.99. The van der Waals surface area contributed by atoms with Gasteiger partial charge in [-0.2, -0.15) is 12.6 Å². The van der Waals surface area contributed by atoms with Crippen LogP contribution in [0.3, 0.4) is 0 Å². The molecule has 0 atom stereocenters. The third-order valence-electron chi connectivity index (χ3n) is 2.07. The average molecular weight is 253 g/mol. The summed E-state index contributed by atoms with van der Waals surface area (Å²) in [6, 6.07) is 3.83. The van der Waals surface area contributed by atoms with Crippen molar-refractivity contribution < 1.29 is 14.8 Å². The molecule has 1 rings (SSSR count). The Labute approximate surface area is 103 Å². The molecule has 1 aromatic carbocycles. The maximum absolute atomic E-state index is 10.8. The fourth-order valence-electron chi connectivity index (χ4n) is 1.26. The van der Waals surface area contributed by atoms with Gasteiger partial charge in [-0.25, -0.2) is 4.79 Å². The monoisotopic (exact) mass is 253 g/mol. The molecule has 0 saturated carbocycles. The van der Waals surface area contributed by atoms with E-state index in [0.717, 1.165) is 6.07 Å². The van der Waals surface area contributed by atoms with Crippen LogP contribution in [0.5, 0.6) is 0 Å². The summed E-state index contributed by atoms with van der Waals surface area (Å²) in [6.45, 7) is 0. The minimum atomic E-state index is -1.18. The Morgan fingerprint density at radius 3 is 2.76 bits per heavy atom. The normalized spacial score (nSPS) is 10.6. The van der Waals surface area contributed by atoms with Crippen molar-refractivity contribution in [2.75, 3.05) is 5.75 Å². The summed E-state index contributed by atoms with van der Waals surface area (Å²) in [6.07, 6.45) is 4.05. The summed E-state index contributed by atoms with van der Waals surface area (Å²) in [5.74, 6) is -0.531. The zero-order chi connectivity index (χ0) is 12.8. The van der Waals surface area contributed by atoms with E-state index in [1.807, 2.05) is 0 Å². The molecule has 0 aliphatic rings. The van der Waals surface area contributed by atoms with Crippen molar-refractivity contribution in [1.82, 2.24) is 0 Å². The van der Waals surface area contributed by atoms with E-state index in [2.05, 4.69) is 12.6 Å². The maximum atomic E-state index is 10.8. The van der Waals surface area contributed by atoms with Crippen molar-refractivity contribution in [3.8, 4) is 0 Å². The first kappa shape index (κ1) is 13.2. The van der Waals surface area contributed by atoms with Gasteiger partial charge in [0, 0.05) is 6.07 Å². The van der Waals surface area contributed by atoms with Crippen LogP contribution in [0.15, 0.2) is 24.3 Å². The molecule has 17 heavy (non-hydrogen) atoms. The highest BCUT2D eigenvalue weighted by atomic mass is 32.1. The van der Waals surface area contributed by atoms with Gasteiger partial charge in [0.05, 0.1) is 16.1 Å². The Balaban J connectivity index is 3.13. The first-order valence-corrected chi connectivity index (χ1v) is 5.48. The Morgan fingerprint density at radius 2 is 2.24 bits per heavy atom. The summed E-state index contributed by atoms with van der Waals surface area (Å²) >= 11 is 4.01. The molecule has 0 saturated heterocycles. The molecule has 1 aromatic rings. The zero-order valence-electron chi connectivity index (χ0n) is 8.87. The molecule has 5 nitrogen and oxygen atoms in total. The van der Waals surface area contributed by atoms with Gasteiger partial charge in [0.15, 0.2) is 0 Å². The Bertz CT molecular complexity index is 471. The predicted molar refractivity (Wildman–Crippen MR) is 67.6 cm³/mol. The summed E-state index contributed by atoms with van der Waals surface area (Å²) in [4.78, 5) is 20.9. The number of carboxylic acids is 1. The molecule has 0 aliphatic carbocycles. The van der Waals surface area contributed by atoms with Crippen molar-refractivity contribution >= 4 is 30.4 Å². The van der Waals surface area contributed by atoms with Crippen LogP contribution in [0.25, 0.3) is 6.08 Å². The van der Waals surface area contributed by atoms with Gasteiger partial charge in [0.2, 0.25) is 0 Å². The van der Waals surface area contributed by atoms with Gasteiger partial charge in [-0.1, -0.05) is 12.2 Å². The summed E-state index contributed by atoms with van der Waals surface area (Å²) in [5.41, 5.74) is 0.0881. The SMILES string of the molecule is O=C(O)c1ccc(C=CCCS)c([N+](=O)[O-])c1. The molecule has 0 fully saturated rings. The topological polar surface area (TPSA) is 80.4 Å². The number of benzene rings is 1. The van der Waals surface area contributed by atoms with Crippen molar-refractivity contribution in [2.45, 2.75) is 6.42 Å². The third-order valence-corrected chi connectivity index (χ3v) is 2.33. The molecule has 0 amide bonds. The Hall–Kier alpha value is -1.82. The minimum absolute atomic E-state index is 0.0944. The lowest BCUT2D eigenvalue weighted by atomic mass is 10.1. The second-order valence-electron chi connectivity index (χ2n) is 3.25. The van der Waals surface area contributed by atoms with Crippen LogP contribution in [-0.2, 0) is 0 Å². The van der Waals surface area contributed by atoms with E-state index in [1.54, 1.807) is 12.2 Å². The van der Waals surface area contributed by atoms with E-state index < -0.39 is 10.9 Å². The van der Waals surface area contributed by atoms with Gasteiger partial charge in [-0.3, -0.25) is 10.1 Å². The van der Waals surface area contributed by atoms with E-state index >= 15 is 0 Å². The summed E-state index contributed by atoms with van der Waals surface area (Å²) in [7, 11) is 0. The molecule has 90 valence electrons. The van der Waals surface area contributed by atoms with Crippen LogP contribution in [-0.4, -0.2) is 21.8 Å². The Kier molecular flexibility index (Phi) is 4.71. The van der Waals surface area contributed by atoms with Gasteiger partial charge in [-0.15, -0.1) is 0 Å². The maximum Gasteiger partial charge on any atom is 0.335 e. The van der Waals surface area contributed by atoms with Crippen molar-refractivity contribution in [2.24, 2.45) is 0 Å². The predicted octanol–water partition coefficient (Wildman–Crippen LogP) is 2.63. The smallest absolute Gasteiger partial charge is 0.335 e. The average Bonchev–Trinajstić information content (AvgIpc) is 2.29. The second kappa shape index (κ2) is 6.05. The third kappa shape index (κ3) is 3.60. The first-order chi connectivity index (χ1) is 8.06. The molecule has 0 aromatic heterocycles. The van der Waals surface area contributed by atoms with E-state index in [-0.39, 0.29) is 11.3 Å². The lowest BCUT2D eigenvalue weighted by molar-refractivity contribution is -0.385. The first-order valence-electron chi connectivity index (χ1n) is 4.85. The van der Waals surface area contributed by atoms with Crippen LogP contribution in [0.1, 0.15) is 22.3 Å². The molecule has 0 unspecified atom stereocenters. The molecule has 0 aliphatic heterocycles. The number of aromatic carboxylic acids is 1. The summed E-state index contributed by atoms with van der Waals surface area (Å²) < 4.78 is 0. The summed E-state index contributed by atoms with van der Waals surface area (Å²) in [5, 5.41) is 19.5. The van der Waals surface area contributed by atoms with Crippen molar-refractivity contribution in [1.29, 1.82) is 0 Å². The van der Waals surface area contributed by atoms with Crippen LogP contribution < -0.4 is 0 Å². The molecule has 1 N–H and O–H groups in total. The molecule has 6 heteroatoms. The number of nitro benzene ring substituents is 1. The second-order valence-corrected chi connectivity index (χ2v) is 3.70. The number of hydrogen-bond donors (Lipinski definition) is 2. The zero-order valence-corrected chi connectivity index (χ0v) is 9.76. The van der Waals surface area contributed by atoms with Gasteiger partial charge < -0.3 is 5.11 Å². The van der Waals surface area contributed by atoms with E-state index in [9.17, 15) is 14.9 Å². The quantitative estimate of drug-likeness (QED) is 0.480. The molecule has 0 heterocycles. The molecule has 0 bridgehead atoms. The fraction of sp³-hybridized carbons (Fsp3) is 0.182. The van der Waals surface area contributed by atoms with E-state index in [4.69, 9.17) is 5.11 Å². The number of rotatable bonds is 5. The van der Waals surface area contributed by atoms with Gasteiger partial charge in [0.25, 0.3) is 5.69 Å². The number of hydrogen-bond acceptors (Lipinski definition) is 4. The highest BCUT2D eigenvalue weighted by Gasteiger charge is 2.15. The molecule has 0 spiro atoms. The van der Waals surface area contributed by atoms with E-state index in [1.165, 1.54) is 12.1 Å². The van der Waals surface area contributed by atoms with E-state index in [0.29, 0.717) is 17.7 Å². The lowest BCUT2D eigenvalue weighted by Gasteiger charge is -1.99. The minimum Gasteiger partial charge on any atom is -0.478 e. The van der Waals surface area contributed by atoms with Gasteiger partial charge in [-0.05, 0) is 24.3 Å². The number of nitro groups is 1. The van der Waals surface area contributed by atoms with Crippen molar-refractivity contribution in [3.05, 3.63) is 45.5 Å². The van der Waals surface area contributed by atoms with Crippen LogP contribution in [0, 0.1) is 10.1 Å². The van der Waals surface area contributed by atoms with Crippen LogP contribution >= 0.6 is 12.6 Å². The number of carbonyl (C=O) groups is 1. The standard InChI is InChI=1S/C11H11NO4S/c13-11(14)9-5-4-8(3-1-2-6-17)10(7-9)12(15)16/h1,3-5,7,17H,2,6H2,(H,13,14). The van der Waals surface area contributed by atoms with Gasteiger partial charge >= 0.3 is 5.97 Å². The number of thiol groups is 1. The molecular weight excluding hydrogens is 242 g/mol. The van der Waals surface area contributed by atoms with Crippen LogP contribution in [0.2, 0.25) is 0 Å². The van der Waals surface area contributed by atoms with Crippen molar-refractivity contribution in [3.63, 3.8) is 0 Å². The largest absolute Gasteiger partial charge is 0.478 e. The number of allylic oxidation sites excluding steroid dienone is 1. The Morgan fingerprint density at radius 1 is 1.53 bits per heavy atom. The fourth-order valence-corrected chi connectivity index (χ4v) is 1.41. The number of nitrogens with zero attached hydrogens (tertiary/aromatic N) is 1. The van der Waals surface area contributed by atoms with Gasteiger partial charge in [0.1, 0.15) is 0 Å². The molecule has 0 radical (unpaired) electrons. The van der Waals surface area contributed by atoms with Crippen LogP contribution in [0.4, 0.5) is 5.69 Å². The highest BCUT2D eigenvalue weighted by Crippen LogP contribution is 2.22. The highest BCUT2D eigenvalue weighted by molar-refractivity contribution is 7.80. The number of carboxylic acid groups (broad SMARTS) is 1. The molecular formula is C11H11NO4S.